The highest BCUT2D eigenvalue weighted by molar-refractivity contribution is 8.18. The van der Waals surface area contributed by atoms with Crippen molar-refractivity contribution in [2.75, 3.05) is 5.73 Å². The Morgan fingerprint density at radius 3 is 2.85 bits per heavy atom. The van der Waals surface area contributed by atoms with E-state index in [1.54, 1.807) is 12.1 Å². The van der Waals surface area contributed by atoms with Gasteiger partial charge >= 0.3 is 0 Å². The Hall–Kier alpha value is -2.45. The maximum Gasteiger partial charge on any atom is 0.293 e. The first-order chi connectivity index (χ1) is 12.9. The average Bonchev–Trinajstić information content (AvgIpc) is 3.26. The zero-order chi connectivity index (χ0) is 19.1. The van der Waals surface area contributed by atoms with Crippen molar-refractivity contribution >= 4 is 57.2 Å². The van der Waals surface area contributed by atoms with Gasteiger partial charge in [0.1, 0.15) is 5.76 Å². The van der Waals surface area contributed by atoms with Crippen LogP contribution in [0.1, 0.15) is 25.2 Å². The number of nitrogens with zero attached hydrogens (tertiary/aromatic N) is 2. The zero-order valence-electron chi connectivity index (χ0n) is 14.8. The van der Waals surface area contributed by atoms with Gasteiger partial charge in [-0.1, -0.05) is 0 Å². The predicted molar refractivity (Wildman–Crippen MR) is 109 cm³/mol. The third-order valence-electron chi connectivity index (χ3n) is 4.12. The van der Waals surface area contributed by atoms with Crippen LogP contribution in [0.4, 0.5) is 16.2 Å². The van der Waals surface area contributed by atoms with Crippen LogP contribution < -0.4 is 5.73 Å². The largest absolute Gasteiger partial charge is 0.450 e. The smallest absolute Gasteiger partial charge is 0.293 e. The van der Waals surface area contributed by atoms with E-state index in [-0.39, 0.29) is 17.2 Å². The number of rotatable bonds is 3. The van der Waals surface area contributed by atoms with Gasteiger partial charge in [0.2, 0.25) is 0 Å². The van der Waals surface area contributed by atoms with Crippen molar-refractivity contribution in [3.63, 3.8) is 0 Å². The Morgan fingerprint density at radius 2 is 2.11 bits per heavy atom. The number of carbonyl (C=O) groups is 2. The molecule has 0 atom stereocenters. The zero-order valence-corrected chi connectivity index (χ0v) is 16.4. The molecule has 2 N–H and O–H groups in total. The summed E-state index contributed by atoms with van der Waals surface area (Å²) in [6.07, 6.45) is 2.33. The van der Waals surface area contributed by atoms with Crippen LogP contribution in [0.5, 0.6) is 0 Å². The van der Waals surface area contributed by atoms with Crippen molar-refractivity contribution in [2.45, 2.75) is 31.4 Å². The number of hydrogen-bond donors (Lipinski definition) is 1. The van der Waals surface area contributed by atoms with Crippen LogP contribution in [-0.2, 0) is 11.2 Å². The van der Waals surface area contributed by atoms with E-state index < -0.39 is 0 Å². The Kier molecular flexibility index (Phi) is 4.61. The van der Waals surface area contributed by atoms with Crippen LogP contribution >= 0.6 is 23.5 Å². The van der Waals surface area contributed by atoms with Crippen molar-refractivity contribution < 1.29 is 14.0 Å². The number of carbonyl (C=O) groups excluding carboxylic acids is 2. The molecular weight excluding hydrogens is 382 g/mol. The highest BCUT2D eigenvalue weighted by Gasteiger charge is 2.36. The van der Waals surface area contributed by atoms with Crippen LogP contribution in [0.15, 0.2) is 49.7 Å². The molecule has 3 heterocycles. The summed E-state index contributed by atoms with van der Waals surface area (Å²) in [5.41, 5.74) is 8.58. The molecule has 1 aromatic carbocycles. The molecule has 0 bridgehead atoms. The minimum absolute atomic E-state index is 0.165. The van der Waals surface area contributed by atoms with E-state index in [2.05, 4.69) is 4.99 Å². The summed E-state index contributed by atoms with van der Waals surface area (Å²) < 4.78 is 5.80. The number of fused-ring (bicyclic) bond motifs is 1. The molecule has 8 heteroatoms. The van der Waals surface area contributed by atoms with Crippen LogP contribution in [0.2, 0.25) is 0 Å². The van der Waals surface area contributed by atoms with Crippen LogP contribution in [0.25, 0.3) is 6.08 Å². The lowest BCUT2D eigenvalue weighted by molar-refractivity contribution is -0.123. The number of aliphatic imine (C=N–C) groups is 1. The molecule has 0 spiro atoms. The van der Waals surface area contributed by atoms with E-state index in [0.717, 1.165) is 33.7 Å². The van der Waals surface area contributed by atoms with Gasteiger partial charge in [-0.05, 0) is 73.3 Å². The number of thioether (sulfide) groups is 2. The van der Waals surface area contributed by atoms with Crippen molar-refractivity contribution in [2.24, 2.45) is 4.99 Å². The third-order valence-corrected chi connectivity index (χ3v) is 5.90. The summed E-state index contributed by atoms with van der Waals surface area (Å²) in [4.78, 5) is 30.5. The summed E-state index contributed by atoms with van der Waals surface area (Å²) in [6, 6.07) is 9.14. The van der Waals surface area contributed by atoms with E-state index in [1.807, 2.05) is 38.1 Å². The summed E-state index contributed by atoms with van der Waals surface area (Å²) in [5.74, 6) is 0.255. The van der Waals surface area contributed by atoms with Gasteiger partial charge in [-0.2, -0.15) is 0 Å². The molecule has 2 aliphatic rings. The van der Waals surface area contributed by atoms with Gasteiger partial charge in [-0.25, -0.2) is 4.99 Å². The Labute approximate surface area is 164 Å². The molecule has 0 radical (unpaired) electrons. The molecular formula is C19H17N3O3S2. The number of amides is 2. The SMILES string of the molecule is CC(C)N1C(=O)S/C(=C\c2ccc(SC3=Nc4ccc(N)cc4C3)o2)C1=O. The first-order valence-corrected chi connectivity index (χ1v) is 10.0. The molecule has 2 aromatic rings. The second-order valence-corrected chi connectivity index (χ2v) is 8.55. The van der Waals surface area contributed by atoms with Crippen LogP contribution in [-0.4, -0.2) is 27.1 Å². The summed E-state index contributed by atoms with van der Waals surface area (Å²) in [7, 11) is 0. The van der Waals surface area contributed by atoms with Crippen molar-refractivity contribution in [3.8, 4) is 0 Å². The van der Waals surface area contributed by atoms with Crippen molar-refractivity contribution in [1.82, 2.24) is 4.90 Å². The fourth-order valence-electron chi connectivity index (χ4n) is 2.89. The van der Waals surface area contributed by atoms with Crippen LogP contribution in [0, 0.1) is 0 Å². The minimum Gasteiger partial charge on any atom is -0.450 e. The molecule has 2 aliphatic heterocycles. The van der Waals surface area contributed by atoms with Crippen molar-refractivity contribution in [1.29, 1.82) is 0 Å². The number of furan rings is 1. The highest BCUT2D eigenvalue weighted by atomic mass is 32.2. The van der Waals surface area contributed by atoms with Crippen LogP contribution in [0.3, 0.4) is 0 Å². The first kappa shape index (κ1) is 17.9. The molecule has 2 amide bonds. The molecule has 1 fully saturated rings. The average molecular weight is 399 g/mol. The van der Waals surface area contributed by atoms with Gasteiger partial charge in [0.15, 0.2) is 5.09 Å². The molecule has 4 rings (SSSR count). The third kappa shape index (κ3) is 3.54. The van der Waals surface area contributed by atoms with Gasteiger partial charge in [0, 0.05) is 24.2 Å². The van der Waals surface area contributed by atoms with E-state index in [4.69, 9.17) is 10.2 Å². The Balaban J connectivity index is 1.47. The Morgan fingerprint density at radius 1 is 1.30 bits per heavy atom. The molecule has 0 unspecified atom stereocenters. The second-order valence-electron chi connectivity index (χ2n) is 6.47. The van der Waals surface area contributed by atoms with Gasteiger partial charge < -0.3 is 10.2 Å². The fraction of sp³-hybridized carbons (Fsp3) is 0.211. The first-order valence-electron chi connectivity index (χ1n) is 8.41. The molecule has 1 aromatic heterocycles. The number of anilines is 1. The number of nitrogen functional groups attached to an aromatic ring is 1. The summed E-state index contributed by atoms with van der Waals surface area (Å²) in [6.45, 7) is 3.63. The molecule has 0 aliphatic carbocycles. The van der Waals surface area contributed by atoms with Crippen molar-refractivity contribution in [3.05, 3.63) is 46.6 Å². The predicted octanol–water partition coefficient (Wildman–Crippen LogP) is 4.68. The van der Waals surface area contributed by atoms with Gasteiger partial charge in [-0.15, -0.1) is 0 Å². The Bertz CT molecular complexity index is 1010. The lowest BCUT2D eigenvalue weighted by atomic mass is 10.1. The lowest BCUT2D eigenvalue weighted by Gasteiger charge is -2.16. The van der Waals surface area contributed by atoms with E-state index in [9.17, 15) is 9.59 Å². The molecule has 138 valence electrons. The monoisotopic (exact) mass is 399 g/mol. The van der Waals surface area contributed by atoms with Gasteiger partial charge in [0.05, 0.1) is 15.6 Å². The fourth-order valence-corrected chi connectivity index (χ4v) is 4.71. The molecule has 0 saturated carbocycles. The molecule has 1 saturated heterocycles. The van der Waals surface area contributed by atoms with Gasteiger partial charge in [0.25, 0.3) is 11.1 Å². The summed E-state index contributed by atoms with van der Waals surface area (Å²) in [5, 5.41) is 1.36. The number of nitrogens with two attached hydrogens (primary N) is 1. The standard InChI is InChI=1S/C19H17N3O3S2/c1-10(2)22-18(23)15(26-19(22)24)9-13-4-6-17(25-13)27-16-8-11-7-12(20)3-5-14(11)21-16/h3-7,9-10H,8,20H2,1-2H3/b15-9-. The molecule has 6 nitrogen and oxygen atoms in total. The minimum atomic E-state index is -0.279. The summed E-state index contributed by atoms with van der Waals surface area (Å²) >= 11 is 2.38. The highest BCUT2D eigenvalue weighted by Crippen LogP contribution is 2.36. The topological polar surface area (TPSA) is 88.9 Å². The normalized spacial score (nSPS) is 18.0. The number of hydrogen-bond acceptors (Lipinski definition) is 7. The lowest BCUT2D eigenvalue weighted by Crippen LogP contribution is -2.34. The maximum atomic E-state index is 12.3. The van der Waals surface area contributed by atoms with E-state index >= 15 is 0 Å². The van der Waals surface area contributed by atoms with E-state index in [0.29, 0.717) is 22.2 Å². The van der Waals surface area contributed by atoms with E-state index in [1.165, 1.54) is 16.7 Å². The quantitative estimate of drug-likeness (QED) is 0.595. The molecule has 27 heavy (non-hydrogen) atoms. The second kappa shape index (κ2) is 6.94. The number of imide groups is 1. The maximum absolute atomic E-state index is 12.3. The number of benzene rings is 1. The van der Waals surface area contributed by atoms with Gasteiger partial charge in [-0.3, -0.25) is 14.5 Å².